The summed E-state index contributed by atoms with van der Waals surface area (Å²) in [5, 5.41) is 2.90. The van der Waals surface area contributed by atoms with Crippen molar-refractivity contribution in [3.05, 3.63) is 70.5 Å². The number of halogens is 1. The first-order valence-electron chi connectivity index (χ1n) is 8.29. The topological polar surface area (TPSA) is 64.0 Å². The Balaban J connectivity index is 1.77. The highest BCUT2D eigenvalue weighted by atomic mass is 19.1. The molecule has 134 valence electrons. The lowest BCUT2D eigenvalue weighted by molar-refractivity contribution is -0.116. The molecule has 0 unspecified atom stereocenters. The lowest BCUT2D eigenvalue weighted by Gasteiger charge is -2.19. The molecule has 0 saturated heterocycles. The molecule has 6 heteroatoms. The van der Waals surface area contributed by atoms with Gasteiger partial charge in [0.2, 0.25) is 5.91 Å². The molecule has 0 aliphatic rings. The molecule has 3 aromatic rings. The summed E-state index contributed by atoms with van der Waals surface area (Å²) in [4.78, 5) is 28.7. The molecule has 5 nitrogen and oxygen atoms in total. The molecule has 0 aliphatic heterocycles. The van der Waals surface area contributed by atoms with Crippen LogP contribution in [0.4, 0.5) is 10.1 Å². The number of amides is 1. The minimum absolute atomic E-state index is 0.0297. The quantitative estimate of drug-likeness (QED) is 0.784. The van der Waals surface area contributed by atoms with E-state index in [1.807, 2.05) is 24.3 Å². The van der Waals surface area contributed by atoms with Crippen LogP contribution in [-0.4, -0.2) is 15.5 Å². The van der Waals surface area contributed by atoms with E-state index < -0.39 is 11.4 Å². The van der Waals surface area contributed by atoms with Gasteiger partial charge in [0.05, 0.1) is 17.2 Å². The first kappa shape index (κ1) is 17.8. The molecule has 0 atom stereocenters. The molecule has 3 rings (SSSR count). The molecular weight excluding hydrogens is 333 g/mol. The molecule has 0 aliphatic carbocycles. The Morgan fingerprint density at radius 3 is 2.50 bits per heavy atom. The van der Waals surface area contributed by atoms with E-state index in [1.165, 1.54) is 23.0 Å². The van der Waals surface area contributed by atoms with Gasteiger partial charge >= 0.3 is 0 Å². The Kier molecular flexibility index (Phi) is 4.59. The highest BCUT2D eigenvalue weighted by molar-refractivity contribution is 5.90. The van der Waals surface area contributed by atoms with Crippen molar-refractivity contribution in [3.63, 3.8) is 0 Å². The minimum Gasteiger partial charge on any atom is -0.325 e. The van der Waals surface area contributed by atoms with Crippen molar-refractivity contribution in [2.45, 2.75) is 32.7 Å². The number of anilines is 1. The third-order valence-electron chi connectivity index (χ3n) is 4.13. The highest BCUT2D eigenvalue weighted by Gasteiger charge is 2.14. The summed E-state index contributed by atoms with van der Waals surface area (Å²) < 4.78 is 14.5. The molecule has 0 radical (unpaired) electrons. The van der Waals surface area contributed by atoms with Gasteiger partial charge < -0.3 is 5.32 Å². The molecule has 0 fully saturated rings. The number of nitrogens with one attached hydrogen (secondary N) is 1. The van der Waals surface area contributed by atoms with E-state index in [0.717, 1.165) is 11.6 Å². The van der Waals surface area contributed by atoms with Crippen LogP contribution < -0.4 is 10.9 Å². The van der Waals surface area contributed by atoms with Gasteiger partial charge in [0.25, 0.3) is 5.56 Å². The number of fused-ring (bicyclic) bond motifs is 1. The second-order valence-corrected chi connectivity index (χ2v) is 7.21. The Hall–Kier alpha value is -3.02. The second kappa shape index (κ2) is 6.71. The van der Waals surface area contributed by atoms with Gasteiger partial charge in [-0.3, -0.25) is 14.2 Å². The van der Waals surface area contributed by atoms with E-state index >= 15 is 0 Å². The zero-order chi connectivity index (χ0) is 18.9. The van der Waals surface area contributed by atoms with Crippen LogP contribution in [0.15, 0.2) is 53.6 Å². The molecule has 1 amide bonds. The lowest BCUT2D eigenvalue weighted by Crippen LogP contribution is -2.28. The summed E-state index contributed by atoms with van der Waals surface area (Å²) in [7, 11) is 0. The van der Waals surface area contributed by atoms with Gasteiger partial charge in [0, 0.05) is 5.69 Å². The summed E-state index contributed by atoms with van der Waals surface area (Å²) in [6, 6.07) is 11.4. The Morgan fingerprint density at radius 2 is 1.85 bits per heavy atom. The molecule has 1 N–H and O–H groups in total. The fourth-order valence-electron chi connectivity index (χ4n) is 2.65. The zero-order valence-corrected chi connectivity index (χ0v) is 14.9. The molecule has 1 heterocycles. The van der Waals surface area contributed by atoms with Crippen molar-refractivity contribution < 1.29 is 9.18 Å². The summed E-state index contributed by atoms with van der Waals surface area (Å²) >= 11 is 0. The average molecular weight is 353 g/mol. The van der Waals surface area contributed by atoms with Crippen molar-refractivity contribution in [2.75, 3.05) is 5.32 Å². The fourth-order valence-corrected chi connectivity index (χ4v) is 2.65. The van der Waals surface area contributed by atoms with Crippen LogP contribution in [0.2, 0.25) is 0 Å². The predicted octanol–water partition coefficient (Wildman–Crippen LogP) is 3.47. The van der Waals surface area contributed by atoms with Crippen molar-refractivity contribution in [1.82, 2.24) is 9.55 Å². The summed E-state index contributed by atoms with van der Waals surface area (Å²) in [5.74, 6) is -0.870. The maximum absolute atomic E-state index is 13.4. The first-order chi connectivity index (χ1) is 12.2. The zero-order valence-electron chi connectivity index (χ0n) is 14.9. The molecule has 0 bridgehead atoms. The van der Waals surface area contributed by atoms with Crippen LogP contribution in [0.5, 0.6) is 0 Å². The van der Waals surface area contributed by atoms with Crippen LogP contribution >= 0.6 is 0 Å². The fraction of sp³-hybridized carbons (Fsp3) is 0.250. The van der Waals surface area contributed by atoms with E-state index in [4.69, 9.17) is 0 Å². The Morgan fingerprint density at radius 1 is 1.15 bits per heavy atom. The van der Waals surface area contributed by atoms with Gasteiger partial charge in [-0.05, 0) is 41.3 Å². The van der Waals surface area contributed by atoms with E-state index in [0.29, 0.717) is 11.2 Å². The van der Waals surface area contributed by atoms with Crippen LogP contribution in [-0.2, 0) is 16.8 Å². The normalized spacial score (nSPS) is 11.5. The third kappa shape index (κ3) is 3.79. The van der Waals surface area contributed by atoms with Crippen molar-refractivity contribution in [2.24, 2.45) is 0 Å². The second-order valence-electron chi connectivity index (χ2n) is 7.21. The van der Waals surface area contributed by atoms with Crippen molar-refractivity contribution in [1.29, 1.82) is 0 Å². The number of rotatable bonds is 3. The maximum atomic E-state index is 13.4. The smallest absolute Gasteiger partial charge is 0.261 e. The average Bonchev–Trinajstić information content (AvgIpc) is 2.57. The standard InChI is InChI=1S/C20H20FN3O2/c1-20(2,3)13-4-7-15(8-5-13)23-18(25)11-24-12-22-17-9-6-14(21)10-16(17)19(24)26/h4-10,12H,11H2,1-3H3,(H,23,25). The van der Waals surface area contributed by atoms with E-state index in [1.54, 1.807) is 0 Å². The van der Waals surface area contributed by atoms with Crippen molar-refractivity contribution in [3.8, 4) is 0 Å². The molecular formula is C20H20FN3O2. The molecule has 2 aromatic carbocycles. The highest BCUT2D eigenvalue weighted by Crippen LogP contribution is 2.23. The number of aromatic nitrogens is 2. The first-order valence-corrected chi connectivity index (χ1v) is 8.29. The van der Waals surface area contributed by atoms with Crippen LogP contribution in [0.25, 0.3) is 10.9 Å². The Labute approximate surface area is 150 Å². The van der Waals surface area contributed by atoms with E-state index in [-0.39, 0.29) is 23.3 Å². The maximum Gasteiger partial charge on any atom is 0.261 e. The van der Waals surface area contributed by atoms with Gasteiger partial charge in [0.15, 0.2) is 0 Å². The van der Waals surface area contributed by atoms with Crippen LogP contribution in [0.3, 0.4) is 0 Å². The number of carbonyl (C=O) groups is 1. The number of benzene rings is 2. The van der Waals surface area contributed by atoms with Crippen LogP contribution in [0, 0.1) is 5.82 Å². The molecule has 0 saturated carbocycles. The van der Waals surface area contributed by atoms with Crippen LogP contribution in [0.1, 0.15) is 26.3 Å². The number of carbonyl (C=O) groups excluding carboxylic acids is 1. The molecule has 1 aromatic heterocycles. The third-order valence-corrected chi connectivity index (χ3v) is 4.13. The van der Waals surface area contributed by atoms with Gasteiger partial charge in [-0.1, -0.05) is 32.9 Å². The van der Waals surface area contributed by atoms with Gasteiger partial charge in [-0.25, -0.2) is 9.37 Å². The number of hydrogen-bond donors (Lipinski definition) is 1. The largest absolute Gasteiger partial charge is 0.325 e. The monoisotopic (exact) mass is 353 g/mol. The van der Waals surface area contributed by atoms with E-state index in [2.05, 4.69) is 31.1 Å². The summed E-state index contributed by atoms with van der Waals surface area (Å²) in [6.07, 6.45) is 1.30. The molecule has 0 spiro atoms. The Bertz CT molecular complexity index is 1020. The SMILES string of the molecule is CC(C)(C)c1ccc(NC(=O)Cn2cnc3ccc(F)cc3c2=O)cc1. The summed E-state index contributed by atoms with van der Waals surface area (Å²) in [6.45, 7) is 6.15. The minimum atomic E-state index is -0.516. The van der Waals surface area contributed by atoms with Gasteiger partial charge in [-0.15, -0.1) is 0 Å². The predicted molar refractivity (Wildman–Crippen MR) is 99.7 cm³/mol. The van der Waals surface area contributed by atoms with Gasteiger partial charge in [0.1, 0.15) is 12.4 Å². The van der Waals surface area contributed by atoms with Gasteiger partial charge in [-0.2, -0.15) is 0 Å². The number of hydrogen-bond acceptors (Lipinski definition) is 3. The van der Waals surface area contributed by atoms with Crippen molar-refractivity contribution >= 4 is 22.5 Å². The number of nitrogens with zero attached hydrogens (tertiary/aromatic N) is 2. The lowest BCUT2D eigenvalue weighted by atomic mass is 9.87. The molecule has 26 heavy (non-hydrogen) atoms. The van der Waals surface area contributed by atoms with E-state index in [9.17, 15) is 14.0 Å². The summed E-state index contributed by atoms with van der Waals surface area (Å²) in [5.41, 5.74) is 1.78.